The lowest BCUT2D eigenvalue weighted by Gasteiger charge is -2.26. The molecule has 9 nitrogen and oxygen atoms in total. The van der Waals surface area contributed by atoms with E-state index in [9.17, 15) is 25.3 Å². The third-order valence-electron chi connectivity index (χ3n) is 13.4. The van der Waals surface area contributed by atoms with Crippen molar-refractivity contribution in [1.82, 2.24) is 9.44 Å². The highest BCUT2D eigenvalue weighted by molar-refractivity contribution is 9.10. The van der Waals surface area contributed by atoms with E-state index in [0.717, 1.165) is 89.4 Å². The first-order valence-corrected chi connectivity index (χ1v) is 31.2. The van der Waals surface area contributed by atoms with E-state index in [2.05, 4.69) is 116 Å². The number of nitrogens with zero attached hydrogens (tertiary/aromatic N) is 1. The molecule has 0 radical (unpaired) electrons. The Morgan fingerprint density at radius 2 is 0.973 bits per heavy atom. The first kappa shape index (κ1) is 52.8. The van der Waals surface area contributed by atoms with Gasteiger partial charge in [-0.25, -0.2) is 34.7 Å². The third-order valence-corrected chi connectivity index (χ3v) is 20.9. The van der Waals surface area contributed by atoms with Crippen LogP contribution in [0.2, 0.25) is 0 Å². The van der Waals surface area contributed by atoms with Gasteiger partial charge in [0.2, 0.25) is 20.0 Å². The first-order chi connectivity index (χ1) is 35.0. The van der Waals surface area contributed by atoms with Crippen LogP contribution < -0.4 is 9.44 Å². The summed E-state index contributed by atoms with van der Waals surface area (Å²) >= 11 is 6.87. The maximum Gasteiger partial charge on any atom is 0.240 e. The van der Waals surface area contributed by atoms with Gasteiger partial charge >= 0.3 is 0 Å². The molecule has 0 saturated heterocycles. The lowest BCUT2D eigenvalue weighted by Crippen LogP contribution is -2.39. The molecule has 2 aliphatic heterocycles. The molecule has 15 heteroatoms. The fraction of sp³-hybridized carbons (Fsp3) is 0.224. The second kappa shape index (κ2) is 22.8. The molecule has 0 unspecified atom stereocenters. The van der Waals surface area contributed by atoms with Gasteiger partial charge in [-0.2, -0.15) is 0 Å². The third kappa shape index (κ3) is 13.1. The fourth-order valence-corrected chi connectivity index (χ4v) is 14.6. The van der Waals surface area contributed by atoms with E-state index in [4.69, 9.17) is 0 Å². The van der Waals surface area contributed by atoms with Gasteiger partial charge in [0, 0.05) is 41.9 Å². The molecule has 0 amide bonds. The molecule has 2 aliphatic carbocycles. The van der Waals surface area contributed by atoms with Gasteiger partial charge in [0.15, 0.2) is 9.84 Å². The highest BCUT2D eigenvalue weighted by Crippen LogP contribution is 2.42. The van der Waals surface area contributed by atoms with E-state index in [1.807, 2.05) is 55.9 Å². The zero-order valence-electron chi connectivity index (χ0n) is 40.6. The summed E-state index contributed by atoms with van der Waals surface area (Å²) in [5.74, 6) is -0.240. The topological polar surface area (TPSA) is 139 Å². The number of aliphatic imine (C=N–C) groups is 1. The van der Waals surface area contributed by atoms with Crippen LogP contribution in [0.3, 0.4) is 0 Å². The monoisotopic (exact) mass is 1130 g/mol. The van der Waals surface area contributed by atoms with Crippen LogP contribution in [0.25, 0.3) is 5.57 Å². The predicted octanol–water partition coefficient (Wildman–Crippen LogP) is 13.2. The molecule has 2 fully saturated rings. The van der Waals surface area contributed by atoms with Crippen molar-refractivity contribution in [3.63, 3.8) is 0 Å². The summed E-state index contributed by atoms with van der Waals surface area (Å²) in [5, 5.41) is 0. The van der Waals surface area contributed by atoms with Crippen LogP contribution >= 0.6 is 39.5 Å². The van der Waals surface area contributed by atoms with Crippen molar-refractivity contribution in [2.45, 2.75) is 112 Å². The minimum atomic E-state index is -3.45. The van der Waals surface area contributed by atoms with E-state index in [1.165, 1.54) is 41.8 Å². The molecule has 73 heavy (non-hydrogen) atoms. The van der Waals surface area contributed by atoms with Gasteiger partial charge in [0.1, 0.15) is 5.88 Å². The van der Waals surface area contributed by atoms with Crippen molar-refractivity contribution in [1.29, 1.82) is 0 Å². The van der Waals surface area contributed by atoms with Crippen LogP contribution in [-0.4, -0.2) is 48.9 Å². The Balaban J connectivity index is 0.000000142. The summed E-state index contributed by atoms with van der Waals surface area (Å²) in [6, 6.07) is 50.5. The molecule has 2 heterocycles. The number of halogens is 1. The number of aryl methyl sites for hydroxylation is 1. The molecule has 376 valence electrons. The Kier molecular flexibility index (Phi) is 16.5. The van der Waals surface area contributed by atoms with Gasteiger partial charge in [0.25, 0.3) is 0 Å². The van der Waals surface area contributed by atoms with Crippen molar-refractivity contribution in [2.24, 2.45) is 4.99 Å². The molecule has 2 N–H and O–H groups in total. The second-order valence-corrected chi connectivity index (χ2v) is 27.1. The lowest BCUT2D eigenvalue weighted by molar-refractivity contribution is 0.383. The van der Waals surface area contributed by atoms with Crippen LogP contribution in [0, 0.1) is 6.92 Å². The molecule has 7 aromatic carbocycles. The Morgan fingerprint density at radius 1 is 0.548 bits per heavy atom. The molecular formula is C58H56BrN3O6S5. The number of hydrogen-bond acceptors (Lipinski definition) is 9. The van der Waals surface area contributed by atoms with Crippen molar-refractivity contribution in [3.05, 3.63) is 213 Å². The summed E-state index contributed by atoms with van der Waals surface area (Å²) in [4.78, 5) is 10.5. The molecule has 0 bridgehead atoms. The van der Waals surface area contributed by atoms with Gasteiger partial charge < -0.3 is 0 Å². The summed E-state index contributed by atoms with van der Waals surface area (Å²) in [7, 11) is -10.2. The van der Waals surface area contributed by atoms with Crippen LogP contribution in [0.5, 0.6) is 0 Å². The molecule has 7 aromatic rings. The predicted molar refractivity (Wildman–Crippen MR) is 300 cm³/mol. The van der Waals surface area contributed by atoms with E-state index in [0.29, 0.717) is 14.7 Å². The molecule has 4 aliphatic rings. The summed E-state index contributed by atoms with van der Waals surface area (Å²) < 4.78 is 80.1. The number of benzene rings is 7. The second-order valence-electron chi connectivity index (χ2n) is 18.7. The highest BCUT2D eigenvalue weighted by Gasteiger charge is 2.26. The average Bonchev–Trinajstić information content (AvgIpc) is 3.37. The average molecular weight is 1130 g/mol. The van der Waals surface area contributed by atoms with Crippen molar-refractivity contribution >= 4 is 80.6 Å². The number of fused-ring (bicyclic) bond motifs is 4. The number of sulfone groups is 1. The molecule has 0 atom stereocenters. The Hall–Kier alpha value is -5.10. The summed E-state index contributed by atoms with van der Waals surface area (Å²) in [5.41, 5.74) is 10.9. The zero-order valence-corrected chi connectivity index (χ0v) is 46.2. The maximum absolute atomic E-state index is 12.5. The van der Waals surface area contributed by atoms with Gasteiger partial charge in [-0.05, 0) is 182 Å². The number of hydrogen-bond donors (Lipinski definition) is 2. The molecular weight excluding hydrogens is 1070 g/mol. The van der Waals surface area contributed by atoms with E-state index < -0.39 is 29.9 Å². The first-order valence-electron chi connectivity index (χ1n) is 24.2. The van der Waals surface area contributed by atoms with Gasteiger partial charge in [0.05, 0.1) is 14.7 Å². The van der Waals surface area contributed by atoms with Crippen LogP contribution in [-0.2, 0) is 42.7 Å². The molecule has 0 aromatic heterocycles. The Labute approximate surface area is 447 Å². The maximum atomic E-state index is 12.5. The van der Waals surface area contributed by atoms with E-state index in [-0.39, 0.29) is 18.0 Å². The van der Waals surface area contributed by atoms with Gasteiger partial charge in [-0.1, -0.05) is 137 Å². The minimum Gasteiger partial charge on any atom is -0.273 e. The van der Waals surface area contributed by atoms with Gasteiger partial charge in [-0.3, -0.25) is 4.99 Å². The molecule has 11 rings (SSSR count). The normalized spacial score (nSPS) is 15.3. The van der Waals surface area contributed by atoms with Gasteiger partial charge in [-0.15, -0.1) is 0 Å². The van der Waals surface area contributed by atoms with Crippen molar-refractivity contribution in [3.8, 4) is 0 Å². The van der Waals surface area contributed by atoms with Crippen LogP contribution in [0.15, 0.2) is 208 Å². The largest absolute Gasteiger partial charge is 0.273 e. The number of sulfonamides is 2. The van der Waals surface area contributed by atoms with Crippen LogP contribution in [0.1, 0.15) is 90.0 Å². The molecule has 2 saturated carbocycles. The fourth-order valence-electron chi connectivity index (χ4n) is 8.53. The van der Waals surface area contributed by atoms with Crippen molar-refractivity contribution in [2.75, 3.05) is 5.88 Å². The van der Waals surface area contributed by atoms with E-state index >= 15 is 0 Å². The number of nitrogens with one attached hydrogen (secondary N) is 2. The highest BCUT2D eigenvalue weighted by atomic mass is 79.9. The lowest BCUT2D eigenvalue weighted by atomic mass is 9.94. The SMILES string of the molecule is C=C(c1ccc(S(=O)(=O)NC2CCC2)cc1)c1ccc2c(c1)Cc1ccccc1S2.CC(=NCS(=O)(=O)c1ccc(C)cc1)c1ccc2c(c1)Cc1ccccc1S2.O=S(=O)(NC1CCC1)c1ccc(Br)cc1. The standard InChI is InChI=1S/C25H23NO2S2.C23H21NO2S2.C10H12BrNO2S/c1-17(18-9-12-23(13-10-18)30(27,28)26-22-6-4-7-22)19-11-14-25-21(15-19)16-20-5-2-3-8-24(20)29-25;1-16-7-10-21(11-8-16)28(25,26)15-24-17(2)18-9-12-23-20(13-18)14-19-5-3-4-6-22(19)27-23;11-8-4-6-10(7-5-8)15(13,14)12-9-2-1-3-9/h2-3,5,8-15,22,26H,1,4,6-7,16H2;3-13H,14-15H2,1-2H3;4-7,9,12H,1-3H2. The van der Waals surface area contributed by atoms with Crippen LogP contribution in [0.4, 0.5) is 0 Å². The summed E-state index contributed by atoms with van der Waals surface area (Å²) in [6.45, 7) is 8.09. The zero-order chi connectivity index (χ0) is 51.3. The summed E-state index contributed by atoms with van der Waals surface area (Å²) in [6.07, 6.45) is 7.78. The molecule has 0 spiro atoms. The quantitative estimate of drug-likeness (QED) is 0.115. The number of rotatable bonds is 12. The minimum absolute atomic E-state index is 0.0862. The Bertz CT molecular complexity index is 3540. The smallest absolute Gasteiger partial charge is 0.240 e. The van der Waals surface area contributed by atoms with E-state index in [1.54, 1.807) is 60.3 Å². The Morgan fingerprint density at radius 3 is 1.47 bits per heavy atom. The van der Waals surface area contributed by atoms with Crippen molar-refractivity contribution < 1.29 is 25.3 Å².